The van der Waals surface area contributed by atoms with Crippen LogP contribution in [0.15, 0.2) is 46.3 Å². The van der Waals surface area contributed by atoms with Crippen LogP contribution in [0.25, 0.3) is 0 Å². The van der Waals surface area contributed by atoms with E-state index in [1.807, 2.05) is 24.8 Å². The lowest BCUT2D eigenvalue weighted by Crippen LogP contribution is -2.44. The third kappa shape index (κ3) is 5.81. The second-order valence-electron chi connectivity index (χ2n) is 7.51. The van der Waals surface area contributed by atoms with Crippen LogP contribution in [0, 0.1) is 12.7 Å². The van der Waals surface area contributed by atoms with Crippen LogP contribution in [-0.4, -0.2) is 47.7 Å². The van der Waals surface area contributed by atoms with Crippen molar-refractivity contribution in [1.82, 2.24) is 20.2 Å². The summed E-state index contributed by atoms with van der Waals surface area (Å²) in [5.74, 6) is 0.903. The van der Waals surface area contributed by atoms with E-state index >= 15 is 0 Å². The smallest absolute Gasteiger partial charge is 0.250 e. The number of aliphatic imine (C=N–C) groups is 1. The Morgan fingerprint density at radius 1 is 1.30 bits per heavy atom. The molecule has 1 atom stereocenters. The van der Waals surface area contributed by atoms with Crippen molar-refractivity contribution in [3.8, 4) is 0 Å². The van der Waals surface area contributed by atoms with Crippen LogP contribution in [0.4, 0.5) is 10.2 Å². The molecular formula is C22H31FN6O. The van der Waals surface area contributed by atoms with E-state index in [0.717, 1.165) is 44.0 Å². The van der Waals surface area contributed by atoms with Gasteiger partial charge >= 0.3 is 0 Å². The predicted octanol–water partition coefficient (Wildman–Crippen LogP) is 2.31. The lowest BCUT2D eigenvalue weighted by Gasteiger charge is -2.20. The number of halogens is 1. The Hall–Kier alpha value is -2.90. The zero-order valence-electron chi connectivity index (χ0n) is 17.8. The summed E-state index contributed by atoms with van der Waals surface area (Å²) in [7, 11) is 0. The maximum Gasteiger partial charge on any atom is 0.250 e. The van der Waals surface area contributed by atoms with Gasteiger partial charge in [-0.15, -0.1) is 0 Å². The van der Waals surface area contributed by atoms with Gasteiger partial charge < -0.3 is 20.1 Å². The van der Waals surface area contributed by atoms with Gasteiger partial charge in [0.25, 0.3) is 5.56 Å². The highest BCUT2D eigenvalue weighted by Gasteiger charge is 2.25. The average Bonchev–Trinajstić information content (AvgIpc) is 3.18. The van der Waals surface area contributed by atoms with Crippen molar-refractivity contribution >= 4 is 11.8 Å². The Morgan fingerprint density at radius 3 is 2.93 bits per heavy atom. The van der Waals surface area contributed by atoms with Crippen molar-refractivity contribution in [3.63, 3.8) is 0 Å². The third-order valence-corrected chi connectivity index (χ3v) is 5.24. The van der Waals surface area contributed by atoms with Crippen LogP contribution in [0.3, 0.4) is 0 Å². The highest BCUT2D eigenvalue weighted by Crippen LogP contribution is 2.20. The quantitative estimate of drug-likeness (QED) is 0.394. The van der Waals surface area contributed by atoms with Crippen LogP contribution >= 0.6 is 0 Å². The predicted molar refractivity (Wildman–Crippen MR) is 119 cm³/mol. The van der Waals surface area contributed by atoms with Crippen molar-refractivity contribution in [1.29, 1.82) is 0 Å². The molecule has 0 amide bonds. The van der Waals surface area contributed by atoms with E-state index in [0.29, 0.717) is 25.5 Å². The number of unbranched alkanes of at least 4 members (excludes halogenated alkanes) is 1. The summed E-state index contributed by atoms with van der Waals surface area (Å²) in [5.41, 5.74) is 1.03. The van der Waals surface area contributed by atoms with Crippen molar-refractivity contribution in [2.75, 3.05) is 31.1 Å². The van der Waals surface area contributed by atoms with Crippen LogP contribution in [0.1, 0.15) is 31.9 Å². The van der Waals surface area contributed by atoms with Gasteiger partial charge in [0.05, 0.1) is 0 Å². The molecule has 2 aromatic rings. The van der Waals surface area contributed by atoms with Gasteiger partial charge in [-0.2, -0.15) is 0 Å². The molecule has 8 heteroatoms. The highest BCUT2D eigenvalue weighted by atomic mass is 19.1. The maximum absolute atomic E-state index is 14.0. The molecule has 30 heavy (non-hydrogen) atoms. The average molecular weight is 415 g/mol. The molecule has 0 spiro atoms. The largest absolute Gasteiger partial charge is 0.357 e. The monoisotopic (exact) mass is 414 g/mol. The molecule has 3 heterocycles. The van der Waals surface area contributed by atoms with E-state index < -0.39 is 0 Å². The molecule has 1 aliphatic rings. The van der Waals surface area contributed by atoms with Gasteiger partial charge in [-0.25, -0.2) is 9.37 Å². The highest BCUT2D eigenvalue weighted by molar-refractivity contribution is 5.80. The summed E-state index contributed by atoms with van der Waals surface area (Å²) in [6.45, 7) is 7.60. The van der Waals surface area contributed by atoms with Crippen molar-refractivity contribution in [2.24, 2.45) is 4.99 Å². The first-order chi connectivity index (χ1) is 14.6. The summed E-state index contributed by atoms with van der Waals surface area (Å²) in [6.07, 6.45) is 4.31. The Bertz CT molecular complexity index is 912. The number of aromatic nitrogens is 2. The maximum atomic E-state index is 14.0. The summed E-state index contributed by atoms with van der Waals surface area (Å²) in [4.78, 5) is 22.7. The Labute approximate surface area is 177 Å². The number of guanidine groups is 1. The molecule has 3 rings (SSSR count). The zero-order valence-corrected chi connectivity index (χ0v) is 17.8. The summed E-state index contributed by atoms with van der Waals surface area (Å²) >= 11 is 0. The van der Waals surface area contributed by atoms with Gasteiger partial charge in [-0.1, -0.05) is 6.07 Å². The van der Waals surface area contributed by atoms with Gasteiger partial charge in [0, 0.05) is 56.7 Å². The molecule has 1 aliphatic heterocycles. The summed E-state index contributed by atoms with van der Waals surface area (Å²) < 4.78 is 15.8. The van der Waals surface area contributed by atoms with Crippen molar-refractivity contribution in [3.05, 3.63) is 58.4 Å². The minimum atomic E-state index is -0.286. The molecule has 0 saturated carbocycles. The fourth-order valence-corrected chi connectivity index (χ4v) is 3.68. The van der Waals surface area contributed by atoms with Gasteiger partial charge in [-0.05, 0) is 51.3 Å². The Morgan fingerprint density at radius 2 is 2.17 bits per heavy atom. The third-order valence-electron chi connectivity index (χ3n) is 5.24. The number of nitrogens with one attached hydrogen (secondary N) is 2. The second-order valence-corrected chi connectivity index (χ2v) is 7.51. The first-order valence-corrected chi connectivity index (χ1v) is 10.6. The topological polar surface area (TPSA) is 74.6 Å². The molecule has 162 valence electrons. The fraction of sp³-hybridized carbons (Fsp3) is 0.500. The van der Waals surface area contributed by atoms with E-state index in [-0.39, 0.29) is 17.4 Å². The summed E-state index contributed by atoms with van der Waals surface area (Å²) in [5, 5.41) is 6.73. The minimum Gasteiger partial charge on any atom is -0.357 e. The van der Waals surface area contributed by atoms with Crippen molar-refractivity contribution < 1.29 is 4.39 Å². The number of nitrogens with zero attached hydrogens (tertiary/aromatic N) is 4. The zero-order chi connectivity index (χ0) is 21.3. The number of hydrogen-bond donors (Lipinski definition) is 2. The van der Waals surface area contributed by atoms with Crippen LogP contribution in [-0.2, 0) is 6.54 Å². The molecule has 7 nitrogen and oxygen atoms in total. The SMILES string of the molecule is CCNC(=NCCCCn1c(C)cccc1=O)NC1CCN(c2ncccc2F)C1. The van der Waals surface area contributed by atoms with Crippen LogP contribution in [0.5, 0.6) is 0 Å². The second kappa shape index (κ2) is 10.8. The molecule has 1 unspecified atom stereocenters. The summed E-state index contributed by atoms with van der Waals surface area (Å²) in [6, 6.07) is 8.58. The number of rotatable bonds is 8. The Kier molecular flexibility index (Phi) is 7.82. The molecule has 0 bridgehead atoms. The van der Waals surface area contributed by atoms with E-state index in [9.17, 15) is 9.18 Å². The Balaban J connectivity index is 1.48. The lowest BCUT2D eigenvalue weighted by molar-refractivity contribution is 0.583. The fourth-order valence-electron chi connectivity index (χ4n) is 3.68. The minimum absolute atomic E-state index is 0.0450. The van der Waals surface area contributed by atoms with E-state index in [1.54, 1.807) is 29.0 Å². The normalized spacial score (nSPS) is 16.7. The first kappa shape index (κ1) is 21.8. The molecule has 0 aromatic carbocycles. The molecule has 0 radical (unpaired) electrons. The van der Waals surface area contributed by atoms with Crippen LogP contribution in [0.2, 0.25) is 0 Å². The molecular weight excluding hydrogens is 383 g/mol. The van der Waals surface area contributed by atoms with Crippen LogP contribution < -0.4 is 21.1 Å². The van der Waals surface area contributed by atoms with Gasteiger partial charge in [-0.3, -0.25) is 9.79 Å². The lowest BCUT2D eigenvalue weighted by atomic mass is 10.2. The first-order valence-electron chi connectivity index (χ1n) is 10.6. The van der Waals surface area contributed by atoms with E-state index in [4.69, 9.17) is 0 Å². The van der Waals surface area contributed by atoms with E-state index in [2.05, 4.69) is 20.6 Å². The van der Waals surface area contributed by atoms with Gasteiger partial charge in [0.15, 0.2) is 17.6 Å². The number of hydrogen-bond acceptors (Lipinski definition) is 4. The number of anilines is 1. The molecule has 2 N–H and O–H groups in total. The van der Waals surface area contributed by atoms with Gasteiger partial charge in [0.1, 0.15) is 0 Å². The molecule has 1 fully saturated rings. The number of pyridine rings is 2. The van der Waals surface area contributed by atoms with Crippen molar-refractivity contribution in [2.45, 2.75) is 45.7 Å². The van der Waals surface area contributed by atoms with E-state index in [1.165, 1.54) is 6.07 Å². The molecule has 2 aromatic heterocycles. The molecule has 1 saturated heterocycles. The van der Waals surface area contributed by atoms with Gasteiger partial charge in [0.2, 0.25) is 0 Å². The standard InChI is InChI=1S/C22H31FN6O/c1-3-24-22(26-12-4-5-14-29-17(2)8-6-10-20(29)30)27-18-11-15-28(16-18)21-19(23)9-7-13-25-21/h6-10,13,18H,3-5,11-12,14-16H2,1-2H3,(H2,24,26,27). The molecule has 0 aliphatic carbocycles. The number of aryl methyl sites for hydroxylation is 1.